The zero-order chi connectivity index (χ0) is 25.2. The van der Waals surface area contributed by atoms with Crippen molar-refractivity contribution in [1.82, 2.24) is 0 Å². The molecular formula is C25H38O7S3. The van der Waals surface area contributed by atoms with E-state index in [1.807, 2.05) is 13.8 Å². The molecule has 0 amide bonds. The van der Waals surface area contributed by atoms with Gasteiger partial charge in [-0.1, -0.05) is 26.7 Å². The van der Waals surface area contributed by atoms with Gasteiger partial charge in [0.25, 0.3) is 3.91 Å². The third-order valence-electron chi connectivity index (χ3n) is 11.6. The van der Waals surface area contributed by atoms with Gasteiger partial charge in [0.2, 0.25) is 0 Å². The lowest BCUT2D eigenvalue weighted by molar-refractivity contribution is -0.128. The van der Waals surface area contributed by atoms with Gasteiger partial charge in [-0.2, -0.15) is 0 Å². The van der Waals surface area contributed by atoms with Crippen LogP contribution in [0, 0.1) is 40.4 Å². The number of sulfone groups is 3. The third kappa shape index (κ3) is 3.30. The average molecular weight is 547 g/mol. The van der Waals surface area contributed by atoms with E-state index in [1.54, 1.807) is 0 Å². The molecule has 6 aliphatic rings. The van der Waals surface area contributed by atoms with E-state index in [0.29, 0.717) is 38.5 Å². The third-order valence-corrected chi connectivity index (χ3v) is 22.0. The minimum atomic E-state index is -4.67. The molecule has 6 fully saturated rings. The van der Waals surface area contributed by atoms with E-state index in [9.17, 15) is 30.0 Å². The molecule has 7 nitrogen and oxygen atoms in total. The Morgan fingerprint density at radius 1 is 0.771 bits per heavy atom. The lowest BCUT2D eigenvalue weighted by atomic mass is 9.70. The Morgan fingerprint density at radius 2 is 1.29 bits per heavy atom. The normalized spacial score (nSPS) is 45.0. The number of rotatable bonds is 7. The van der Waals surface area contributed by atoms with Gasteiger partial charge in [-0.3, -0.25) is 4.79 Å². The van der Waals surface area contributed by atoms with E-state index < -0.39 is 60.5 Å². The molecule has 198 valence electrons. The number of carbonyl (C=O) groups is 1. The summed E-state index contributed by atoms with van der Waals surface area (Å²) in [7, 11) is -13.7. The van der Waals surface area contributed by atoms with Crippen LogP contribution in [-0.2, 0) is 34.3 Å². The van der Waals surface area contributed by atoms with Crippen molar-refractivity contribution in [1.29, 1.82) is 0 Å². The van der Waals surface area contributed by atoms with Crippen LogP contribution in [0.2, 0.25) is 0 Å². The molecule has 8 unspecified atom stereocenters. The molecular weight excluding hydrogens is 508 g/mol. The van der Waals surface area contributed by atoms with Gasteiger partial charge in [0.05, 0.1) is 16.3 Å². The van der Waals surface area contributed by atoms with Crippen LogP contribution in [0.15, 0.2) is 0 Å². The second kappa shape index (κ2) is 7.55. The lowest BCUT2D eigenvalue weighted by Crippen LogP contribution is -2.53. The van der Waals surface area contributed by atoms with Crippen LogP contribution >= 0.6 is 0 Å². The number of ketones is 1. The van der Waals surface area contributed by atoms with Crippen LogP contribution in [0.5, 0.6) is 0 Å². The summed E-state index contributed by atoms with van der Waals surface area (Å²) in [6.07, 6.45) is 6.90. The van der Waals surface area contributed by atoms with E-state index in [4.69, 9.17) is 0 Å². The summed E-state index contributed by atoms with van der Waals surface area (Å²) >= 11 is 0. The molecule has 0 radical (unpaired) electrons. The zero-order valence-corrected chi connectivity index (χ0v) is 23.1. The molecule has 6 saturated carbocycles. The topological polar surface area (TPSA) is 119 Å². The molecule has 0 aliphatic heterocycles. The second-order valence-electron chi connectivity index (χ2n) is 13.4. The summed E-state index contributed by atoms with van der Waals surface area (Å²) in [5.41, 5.74) is -1.78. The van der Waals surface area contributed by atoms with Crippen LogP contribution in [0.4, 0.5) is 0 Å². The molecule has 8 atom stereocenters. The fourth-order valence-corrected chi connectivity index (χ4v) is 21.2. The lowest BCUT2D eigenvalue weighted by Gasteiger charge is -2.38. The van der Waals surface area contributed by atoms with Gasteiger partial charge in [0.1, 0.15) is 5.78 Å². The number of hydrogen-bond donors (Lipinski definition) is 0. The van der Waals surface area contributed by atoms with Crippen molar-refractivity contribution in [3.8, 4) is 0 Å². The summed E-state index contributed by atoms with van der Waals surface area (Å²) in [6.45, 7) is 3.80. The maximum absolute atomic E-state index is 14.2. The standard InChI is InChI=1S/C25H38O7S3/c1-24(2)19-7-8-25(24,22(26)13-19)14-33(27,28)23(34(29,30)20-11-15-3-5-17(20)9-15)35(31,32)21-12-16-4-6-18(21)10-16/h15-21,23H,3-14H2,1-2H3. The molecule has 10 heteroatoms. The van der Waals surface area contributed by atoms with Crippen molar-refractivity contribution in [2.24, 2.45) is 40.4 Å². The quantitative estimate of drug-likeness (QED) is 0.481. The van der Waals surface area contributed by atoms with E-state index in [2.05, 4.69) is 0 Å². The first-order valence-corrected chi connectivity index (χ1v) is 18.3. The van der Waals surface area contributed by atoms with Gasteiger partial charge in [-0.05, 0) is 86.4 Å². The molecule has 0 aromatic carbocycles. The largest absolute Gasteiger partial charge is 0.299 e. The Labute approximate surface area is 210 Å². The van der Waals surface area contributed by atoms with Gasteiger partial charge in [0, 0.05) is 11.8 Å². The Morgan fingerprint density at radius 3 is 1.63 bits per heavy atom. The number of Topliss-reactive ketones (excluding diaryl/α,β-unsaturated/α-hetero) is 1. The monoisotopic (exact) mass is 546 g/mol. The molecule has 0 saturated heterocycles. The number of hydrogen-bond acceptors (Lipinski definition) is 7. The van der Waals surface area contributed by atoms with E-state index in [0.717, 1.165) is 32.1 Å². The average Bonchev–Trinajstić information content (AvgIpc) is 3.58. The van der Waals surface area contributed by atoms with Gasteiger partial charge in [-0.15, -0.1) is 0 Å². The van der Waals surface area contributed by atoms with Crippen molar-refractivity contribution in [3.05, 3.63) is 0 Å². The van der Waals surface area contributed by atoms with Gasteiger partial charge in [0.15, 0.2) is 29.5 Å². The van der Waals surface area contributed by atoms with Gasteiger partial charge >= 0.3 is 0 Å². The summed E-state index contributed by atoms with van der Waals surface area (Å²) in [6, 6.07) is 0. The number of fused-ring (bicyclic) bond motifs is 6. The highest BCUT2D eigenvalue weighted by atomic mass is 32.3. The zero-order valence-electron chi connectivity index (χ0n) is 20.7. The molecule has 0 aromatic rings. The smallest absolute Gasteiger partial charge is 0.263 e. The first-order chi connectivity index (χ1) is 16.2. The van der Waals surface area contributed by atoms with Gasteiger partial charge in [-0.25, -0.2) is 25.3 Å². The van der Waals surface area contributed by atoms with Crippen LogP contribution in [0.3, 0.4) is 0 Å². The van der Waals surface area contributed by atoms with Crippen LogP contribution in [0.25, 0.3) is 0 Å². The Kier molecular flexibility index (Phi) is 5.36. The van der Waals surface area contributed by atoms with Crippen molar-refractivity contribution >= 4 is 35.3 Å². The summed E-state index contributed by atoms with van der Waals surface area (Å²) < 4.78 is 82.6. The maximum atomic E-state index is 14.2. The fraction of sp³-hybridized carbons (Fsp3) is 0.960. The first kappa shape index (κ1) is 24.8. The SMILES string of the molecule is CC1(C)C2CCC1(CS(=O)(=O)C(S(=O)(=O)C1CC3CCC1C3)S(=O)(=O)C1CC3CCC1C3)C(=O)C2. The Bertz CT molecular complexity index is 1210. The van der Waals surface area contributed by atoms with E-state index >= 15 is 0 Å². The van der Waals surface area contributed by atoms with Crippen molar-refractivity contribution in [2.45, 2.75) is 98.9 Å². The van der Waals surface area contributed by atoms with Crippen LogP contribution in [-0.4, -0.2) is 51.2 Å². The molecule has 6 rings (SSSR count). The second-order valence-corrected chi connectivity index (χ2v) is 20.9. The highest BCUT2D eigenvalue weighted by Gasteiger charge is 2.68. The van der Waals surface area contributed by atoms with Crippen LogP contribution < -0.4 is 0 Å². The molecule has 6 aliphatic carbocycles. The number of carbonyl (C=O) groups excluding carboxylic acids is 1. The summed E-state index contributed by atoms with van der Waals surface area (Å²) in [5, 5.41) is -1.81. The van der Waals surface area contributed by atoms with E-state index in [-0.39, 0.29) is 35.4 Å². The Balaban J connectivity index is 1.44. The van der Waals surface area contributed by atoms with Crippen LogP contribution in [0.1, 0.15) is 84.5 Å². The maximum Gasteiger partial charge on any atom is 0.263 e. The van der Waals surface area contributed by atoms with Crippen molar-refractivity contribution in [2.75, 3.05) is 5.75 Å². The fourth-order valence-electron chi connectivity index (χ4n) is 9.58. The molecule has 0 heterocycles. The molecule has 0 N–H and O–H groups in total. The molecule has 35 heavy (non-hydrogen) atoms. The predicted molar refractivity (Wildman–Crippen MR) is 132 cm³/mol. The predicted octanol–water partition coefficient (Wildman–Crippen LogP) is 3.29. The Hall–Kier alpha value is -0.480. The first-order valence-electron chi connectivity index (χ1n) is 13.4. The highest BCUT2D eigenvalue weighted by molar-refractivity contribution is 8.24. The summed E-state index contributed by atoms with van der Waals surface area (Å²) in [5.74, 6) is -0.583. The molecule has 0 aromatic heterocycles. The summed E-state index contributed by atoms with van der Waals surface area (Å²) in [4.78, 5) is 13.1. The highest BCUT2D eigenvalue weighted by Crippen LogP contribution is 2.65. The van der Waals surface area contributed by atoms with Crippen molar-refractivity contribution in [3.63, 3.8) is 0 Å². The molecule has 0 spiro atoms. The van der Waals surface area contributed by atoms with Crippen molar-refractivity contribution < 1.29 is 30.0 Å². The minimum Gasteiger partial charge on any atom is -0.299 e. The minimum absolute atomic E-state index is 0.0630. The van der Waals surface area contributed by atoms with Gasteiger partial charge < -0.3 is 0 Å². The van der Waals surface area contributed by atoms with E-state index in [1.165, 1.54) is 0 Å². The molecule has 6 bridgehead atoms.